The molecule has 0 atom stereocenters. The number of nitrogens with zero attached hydrogens (tertiary/aromatic N) is 1. The quantitative estimate of drug-likeness (QED) is 0.625. The molecule has 5 nitrogen and oxygen atoms in total. The van der Waals surface area contributed by atoms with Gasteiger partial charge in [0.1, 0.15) is 26.8 Å². The predicted molar refractivity (Wildman–Crippen MR) is 71.5 cm³/mol. The summed E-state index contributed by atoms with van der Waals surface area (Å²) in [5, 5.41) is 1.76. The Morgan fingerprint density at radius 2 is 1.84 bits per heavy atom. The predicted octanol–water partition coefficient (Wildman–Crippen LogP) is 0.671. The molecule has 100 valence electrons. The molecule has 2 N–H and O–H groups in total. The largest absolute Gasteiger partial charge is 0.497 e. The van der Waals surface area contributed by atoms with Crippen LogP contribution in [0.2, 0.25) is 0 Å². The van der Waals surface area contributed by atoms with Gasteiger partial charge >= 0.3 is 0 Å². The summed E-state index contributed by atoms with van der Waals surface area (Å²) in [4.78, 5) is 0. The molecule has 1 fully saturated rings. The summed E-state index contributed by atoms with van der Waals surface area (Å²) in [5.41, 5.74) is -0.653. The Morgan fingerprint density at radius 3 is 2.58 bits per heavy atom. The van der Waals surface area contributed by atoms with E-state index in [4.69, 9.17) is 27.9 Å². The monoisotopic (exact) mass is 260 g/mol. The minimum atomic E-state index is -0.653. The first kappa shape index (κ1) is 12.6. The van der Waals surface area contributed by atoms with Gasteiger partial charge in [0.15, 0.2) is 11.5 Å². The number of hydrogen-bond acceptors (Lipinski definition) is 5. The lowest BCUT2D eigenvalue weighted by Crippen LogP contribution is -2.50. The van der Waals surface area contributed by atoms with Gasteiger partial charge in [-0.25, -0.2) is 5.01 Å². The number of rotatable bonds is 2. The van der Waals surface area contributed by atoms with E-state index in [1.165, 1.54) is 0 Å². The number of piperidine rings is 1. The summed E-state index contributed by atoms with van der Waals surface area (Å²) in [5.74, 6) is 7.89. The zero-order valence-corrected chi connectivity index (χ0v) is 10.8. The molecule has 0 bridgehead atoms. The second-order valence-corrected chi connectivity index (χ2v) is 5.01. The zero-order chi connectivity index (χ0) is 13.3. The second kappa shape index (κ2) is 4.94. The molecule has 1 aromatic carbocycles. The van der Waals surface area contributed by atoms with E-state index in [1.54, 1.807) is 5.01 Å². The van der Waals surface area contributed by atoms with Gasteiger partial charge in [-0.1, -0.05) is 0 Å². The number of benzene rings is 1. The lowest BCUT2D eigenvalue weighted by Gasteiger charge is -2.38. The van der Waals surface area contributed by atoms with Gasteiger partial charge in [-0.3, -0.25) is 5.84 Å². The van der Waals surface area contributed by atoms with E-state index in [1.807, 2.05) is 18.2 Å². The number of nitrogens with two attached hydrogens (primary N) is 1. The third-order valence-electron chi connectivity index (χ3n) is 3.48. The average molecular weight is 260 g/mol. The van der Waals surface area contributed by atoms with E-state index in [0.717, 1.165) is 18.8 Å². The van der Waals surface area contributed by atoms with Crippen LogP contribution in [0.5, 0.6) is 17.2 Å². The first-order valence-electron chi connectivity index (χ1n) is 6.52. The minimum absolute atomic E-state index is 0.562. The van der Waals surface area contributed by atoms with Crippen molar-refractivity contribution in [3.05, 3.63) is 18.2 Å². The number of ether oxygens (including phenoxy) is 3. The van der Waals surface area contributed by atoms with E-state index >= 15 is 0 Å². The molecule has 1 aromatic rings. The van der Waals surface area contributed by atoms with Crippen LogP contribution in [-0.2, 0) is 0 Å². The Balaban J connectivity index is 1.72. The first-order valence-corrected chi connectivity index (χ1v) is 6.52. The van der Waals surface area contributed by atoms with Crippen molar-refractivity contribution in [3.63, 3.8) is 0 Å². The molecular formula is C13H17BN2O3. The van der Waals surface area contributed by atoms with Crippen molar-refractivity contribution < 1.29 is 14.2 Å². The summed E-state index contributed by atoms with van der Waals surface area (Å²) < 4.78 is 16.9. The molecule has 2 heterocycles. The third-order valence-corrected chi connectivity index (χ3v) is 3.48. The molecule has 1 saturated heterocycles. The van der Waals surface area contributed by atoms with Crippen LogP contribution >= 0.6 is 0 Å². The minimum Gasteiger partial charge on any atom is -0.497 e. The van der Waals surface area contributed by atoms with Crippen LogP contribution < -0.4 is 20.1 Å². The van der Waals surface area contributed by atoms with Gasteiger partial charge in [0.25, 0.3) is 0 Å². The molecule has 2 aliphatic heterocycles. The maximum absolute atomic E-state index is 6.25. The molecule has 2 aliphatic rings. The average Bonchev–Trinajstić information content (AvgIpc) is 2.42. The molecule has 0 aromatic heterocycles. The van der Waals surface area contributed by atoms with Crippen molar-refractivity contribution in [1.82, 2.24) is 5.01 Å². The van der Waals surface area contributed by atoms with E-state index in [9.17, 15) is 0 Å². The fourth-order valence-electron chi connectivity index (χ4n) is 2.33. The van der Waals surface area contributed by atoms with Gasteiger partial charge in [-0.2, -0.15) is 0 Å². The molecule has 19 heavy (non-hydrogen) atoms. The SMILES string of the molecule is [B]C1(Oc2ccc3c(c2)OCCO3)CCN(N)CC1. The maximum atomic E-state index is 6.25. The standard InChI is InChI=1S/C13H17BN2O3/c14-13(3-5-16(15)6-4-13)19-10-1-2-11-12(9-10)18-8-7-17-11/h1-2,9H,3-8,15H2. The summed E-state index contributed by atoms with van der Waals surface area (Å²) in [6.45, 7) is 2.62. The van der Waals surface area contributed by atoms with Crippen LogP contribution in [0.15, 0.2) is 18.2 Å². The normalized spacial score (nSPS) is 21.9. The van der Waals surface area contributed by atoms with Crippen LogP contribution in [0.3, 0.4) is 0 Å². The van der Waals surface area contributed by atoms with Crippen molar-refractivity contribution in [3.8, 4) is 17.2 Å². The van der Waals surface area contributed by atoms with Gasteiger partial charge in [0.2, 0.25) is 0 Å². The summed E-state index contributed by atoms with van der Waals surface area (Å²) >= 11 is 0. The summed E-state index contributed by atoms with van der Waals surface area (Å²) in [6.07, 6.45) is 1.41. The van der Waals surface area contributed by atoms with Gasteiger partial charge in [-0.15, -0.1) is 0 Å². The Labute approximate surface area is 114 Å². The highest BCUT2D eigenvalue weighted by Crippen LogP contribution is 2.35. The van der Waals surface area contributed by atoms with Crippen molar-refractivity contribution in [2.24, 2.45) is 5.84 Å². The van der Waals surface area contributed by atoms with Crippen LogP contribution in [0.4, 0.5) is 0 Å². The highest BCUT2D eigenvalue weighted by molar-refractivity contribution is 6.14. The van der Waals surface area contributed by atoms with Gasteiger partial charge in [-0.05, 0) is 25.0 Å². The zero-order valence-electron chi connectivity index (χ0n) is 10.8. The van der Waals surface area contributed by atoms with Crippen LogP contribution in [0.25, 0.3) is 0 Å². The van der Waals surface area contributed by atoms with E-state index in [-0.39, 0.29) is 0 Å². The lowest BCUT2D eigenvalue weighted by atomic mass is 9.74. The Morgan fingerprint density at radius 1 is 1.16 bits per heavy atom. The molecule has 0 amide bonds. The molecule has 0 spiro atoms. The molecule has 0 unspecified atom stereocenters. The summed E-state index contributed by atoms with van der Waals surface area (Å²) in [6, 6.07) is 5.54. The van der Waals surface area contributed by atoms with Crippen molar-refractivity contribution in [2.75, 3.05) is 26.3 Å². The molecule has 0 saturated carbocycles. The van der Waals surface area contributed by atoms with Crippen molar-refractivity contribution >= 4 is 7.85 Å². The van der Waals surface area contributed by atoms with Crippen molar-refractivity contribution in [2.45, 2.75) is 18.3 Å². The topological polar surface area (TPSA) is 57.0 Å². The smallest absolute Gasteiger partial charge is 0.165 e. The van der Waals surface area contributed by atoms with Gasteiger partial charge in [0, 0.05) is 19.2 Å². The van der Waals surface area contributed by atoms with Crippen LogP contribution in [0, 0.1) is 0 Å². The van der Waals surface area contributed by atoms with Crippen LogP contribution in [-0.4, -0.2) is 44.7 Å². The van der Waals surface area contributed by atoms with Crippen LogP contribution in [0.1, 0.15) is 12.8 Å². The second-order valence-electron chi connectivity index (χ2n) is 5.01. The number of hydrazine groups is 1. The number of fused-ring (bicyclic) bond motifs is 1. The van der Waals surface area contributed by atoms with E-state index in [0.29, 0.717) is 37.6 Å². The molecular weight excluding hydrogens is 243 g/mol. The highest BCUT2D eigenvalue weighted by atomic mass is 16.6. The molecule has 3 rings (SSSR count). The van der Waals surface area contributed by atoms with Crippen molar-refractivity contribution in [1.29, 1.82) is 0 Å². The maximum Gasteiger partial charge on any atom is 0.165 e. The lowest BCUT2D eigenvalue weighted by molar-refractivity contribution is 0.0668. The first-order chi connectivity index (χ1) is 9.15. The molecule has 6 heteroatoms. The Kier molecular flexibility index (Phi) is 3.28. The Bertz CT molecular complexity index is 461. The van der Waals surface area contributed by atoms with E-state index in [2.05, 4.69) is 0 Å². The third kappa shape index (κ3) is 2.79. The molecule has 0 aliphatic carbocycles. The molecule has 2 radical (unpaired) electrons. The fourth-order valence-corrected chi connectivity index (χ4v) is 2.33. The number of hydrogen-bond donors (Lipinski definition) is 1. The van der Waals surface area contributed by atoms with Gasteiger partial charge in [0.05, 0.1) is 5.50 Å². The summed E-state index contributed by atoms with van der Waals surface area (Å²) in [7, 11) is 6.25. The fraction of sp³-hybridized carbons (Fsp3) is 0.538. The Hall–Kier alpha value is -1.40. The van der Waals surface area contributed by atoms with E-state index < -0.39 is 5.50 Å². The van der Waals surface area contributed by atoms with Gasteiger partial charge < -0.3 is 14.2 Å². The highest BCUT2D eigenvalue weighted by Gasteiger charge is 2.30.